The van der Waals surface area contributed by atoms with Crippen LogP contribution in [0.15, 0.2) is 17.3 Å². The SMILES string of the molecule is CC(C)(C)/N=C/C1CCC=CO1. The zero-order chi connectivity index (χ0) is 9.03. The van der Waals surface area contributed by atoms with E-state index in [2.05, 4.69) is 25.8 Å². The first-order valence-corrected chi connectivity index (χ1v) is 4.44. The summed E-state index contributed by atoms with van der Waals surface area (Å²) in [5, 5.41) is 0. The Hall–Kier alpha value is -0.790. The van der Waals surface area contributed by atoms with E-state index < -0.39 is 0 Å². The molecule has 1 rings (SSSR count). The Balaban J connectivity index is 2.40. The van der Waals surface area contributed by atoms with Gasteiger partial charge in [-0.1, -0.05) is 0 Å². The molecule has 0 aromatic rings. The largest absolute Gasteiger partial charge is 0.493 e. The highest BCUT2D eigenvalue weighted by molar-refractivity contribution is 5.63. The van der Waals surface area contributed by atoms with E-state index in [0.29, 0.717) is 0 Å². The lowest BCUT2D eigenvalue weighted by Crippen LogP contribution is -2.18. The summed E-state index contributed by atoms with van der Waals surface area (Å²) >= 11 is 0. The Bertz CT molecular complexity index is 189. The lowest BCUT2D eigenvalue weighted by molar-refractivity contribution is 0.184. The van der Waals surface area contributed by atoms with Crippen molar-refractivity contribution in [1.29, 1.82) is 0 Å². The summed E-state index contributed by atoms with van der Waals surface area (Å²) < 4.78 is 5.34. The number of aliphatic imine (C=N–C) groups is 1. The molecule has 0 amide bonds. The van der Waals surface area contributed by atoms with Gasteiger partial charge >= 0.3 is 0 Å². The first-order chi connectivity index (χ1) is 5.58. The molecule has 0 saturated heterocycles. The summed E-state index contributed by atoms with van der Waals surface area (Å²) in [6, 6.07) is 0. The molecule has 0 aliphatic carbocycles. The molecular weight excluding hydrogens is 150 g/mol. The Morgan fingerprint density at radius 3 is 2.75 bits per heavy atom. The van der Waals surface area contributed by atoms with Gasteiger partial charge < -0.3 is 4.74 Å². The molecule has 2 nitrogen and oxygen atoms in total. The average molecular weight is 167 g/mol. The van der Waals surface area contributed by atoms with E-state index in [1.807, 2.05) is 12.3 Å². The first kappa shape index (κ1) is 9.30. The first-order valence-electron chi connectivity index (χ1n) is 4.44. The highest BCUT2D eigenvalue weighted by atomic mass is 16.5. The predicted molar refractivity (Wildman–Crippen MR) is 51.5 cm³/mol. The van der Waals surface area contributed by atoms with Crippen LogP contribution in [0.2, 0.25) is 0 Å². The second-order valence-electron chi connectivity index (χ2n) is 4.07. The van der Waals surface area contributed by atoms with Crippen molar-refractivity contribution in [1.82, 2.24) is 0 Å². The molecule has 1 unspecified atom stereocenters. The normalized spacial score (nSPS) is 24.4. The summed E-state index contributed by atoms with van der Waals surface area (Å²) in [6.07, 6.45) is 8.07. The van der Waals surface area contributed by atoms with Gasteiger partial charge in [-0.25, -0.2) is 0 Å². The fourth-order valence-corrected chi connectivity index (χ4v) is 0.969. The van der Waals surface area contributed by atoms with Crippen LogP contribution in [0.25, 0.3) is 0 Å². The van der Waals surface area contributed by atoms with Crippen molar-refractivity contribution in [2.75, 3.05) is 0 Å². The molecule has 0 N–H and O–H groups in total. The van der Waals surface area contributed by atoms with Crippen molar-refractivity contribution in [2.24, 2.45) is 4.99 Å². The maximum Gasteiger partial charge on any atom is 0.133 e. The summed E-state index contributed by atoms with van der Waals surface area (Å²) in [6.45, 7) is 6.26. The minimum absolute atomic E-state index is 0.0184. The molecule has 1 aliphatic rings. The van der Waals surface area contributed by atoms with Crippen LogP contribution in [0, 0.1) is 0 Å². The molecule has 68 valence electrons. The number of rotatable bonds is 1. The molecular formula is C10H17NO. The van der Waals surface area contributed by atoms with Crippen LogP contribution in [0.1, 0.15) is 33.6 Å². The molecule has 0 aromatic carbocycles. The van der Waals surface area contributed by atoms with Crippen LogP contribution >= 0.6 is 0 Å². The topological polar surface area (TPSA) is 21.6 Å². The second-order valence-corrected chi connectivity index (χ2v) is 4.07. The number of allylic oxidation sites excluding steroid dienone is 1. The zero-order valence-electron chi connectivity index (χ0n) is 8.08. The molecule has 1 aliphatic heterocycles. The van der Waals surface area contributed by atoms with E-state index in [-0.39, 0.29) is 11.6 Å². The molecule has 1 heterocycles. The van der Waals surface area contributed by atoms with Gasteiger partial charge in [0.15, 0.2) is 0 Å². The van der Waals surface area contributed by atoms with E-state index in [1.165, 1.54) is 0 Å². The molecule has 0 saturated carbocycles. The van der Waals surface area contributed by atoms with Gasteiger partial charge in [0.1, 0.15) is 6.10 Å². The van der Waals surface area contributed by atoms with Gasteiger partial charge in [-0.2, -0.15) is 0 Å². The molecule has 0 radical (unpaired) electrons. The van der Waals surface area contributed by atoms with Gasteiger partial charge in [0.05, 0.1) is 11.8 Å². The number of hydrogen-bond donors (Lipinski definition) is 0. The van der Waals surface area contributed by atoms with Crippen LogP contribution in [0.5, 0.6) is 0 Å². The van der Waals surface area contributed by atoms with Crippen LogP contribution in [-0.4, -0.2) is 17.9 Å². The van der Waals surface area contributed by atoms with Crippen LogP contribution in [0.3, 0.4) is 0 Å². The molecule has 2 heteroatoms. The average Bonchev–Trinajstić information content (AvgIpc) is 2.02. The fourth-order valence-electron chi connectivity index (χ4n) is 0.969. The zero-order valence-corrected chi connectivity index (χ0v) is 8.08. The van der Waals surface area contributed by atoms with Gasteiger partial charge in [0.25, 0.3) is 0 Å². The Kier molecular flexibility index (Phi) is 2.90. The van der Waals surface area contributed by atoms with E-state index in [1.54, 1.807) is 6.26 Å². The highest BCUT2D eigenvalue weighted by Crippen LogP contribution is 2.11. The third kappa shape index (κ3) is 3.56. The van der Waals surface area contributed by atoms with E-state index >= 15 is 0 Å². The minimum Gasteiger partial charge on any atom is -0.493 e. The van der Waals surface area contributed by atoms with E-state index in [0.717, 1.165) is 12.8 Å². The number of hydrogen-bond acceptors (Lipinski definition) is 2. The Morgan fingerprint density at radius 2 is 2.25 bits per heavy atom. The molecule has 12 heavy (non-hydrogen) atoms. The monoisotopic (exact) mass is 167 g/mol. The Labute approximate surface area is 74.3 Å². The molecule has 0 fully saturated rings. The van der Waals surface area contributed by atoms with Crippen molar-refractivity contribution in [2.45, 2.75) is 45.3 Å². The predicted octanol–water partition coefficient (Wildman–Crippen LogP) is 2.55. The summed E-state index contributed by atoms with van der Waals surface area (Å²) in [7, 11) is 0. The van der Waals surface area contributed by atoms with Crippen molar-refractivity contribution >= 4 is 6.21 Å². The van der Waals surface area contributed by atoms with Crippen molar-refractivity contribution in [3.8, 4) is 0 Å². The van der Waals surface area contributed by atoms with Crippen LogP contribution < -0.4 is 0 Å². The maximum atomic E-state index is 5.34. The summed E-state index contributed by atoms with van der Waals surface area (Å²) in [4.78, 5) is 4.40. The molecule has 0 bridgehead atoms. The van der Waals surface area contributed by atoms with Gasteiger partial charge in [-0.3, -0.25) is 4.99 Å². The summed E-state index contributed by atoms with van der Waals surface area (Å²) in [5.41, 5.74) is 0.0184. The lowest BCUT2D eigenvalue weighted by Gasteiger charge is -2.17. The van der Waals surface area contributed by atoms with Gasteiger partial charge in [-0.15, -0.1) is 0 Å². The van der Waals surface area contributed by atoms with Crippen LogP contribution in [0.4, 0.5) is 0 Å². The van der Waals surface area contributed by atoms with Crippen molar-refractivity contribution in [3.05, 3.63) is 12.3 Å². The molecule has 1 atom stereocenters. The fraction of sp³-hybridized carbons (Fsp3) is 0.700. The van der Waals surface area contributed by atoms with Gasteiger partial charge in [0, 0.05) is 6.21 Å². The smallest absolute Gasteiger partial charge is 0.133 e. The third-order valence-electron chi connectivity index (χ3n) is 1.60. The Morgan fingerprint density at radius 1 is 1.50 bits per heavy atom. The summed E-state index contributed by atoms with van der Waals surface area (Å²) in [5.74, 6) is 0. The van der Waals surface area contributed by atoms with Crippen molar-refractivity contribution in [3.63, 3.8) is 0 Å². The quantitative estimate of drug-likeness (QED) is 0.550. The number of nitrogens with zero attached hydrogens (tertiary/aromatic N) is 1. The minimum atomic E-state index is 0.0184. The maximum absolute atomic E-state index is 5.34. The molecule has 0 aromatic heterocycles. The third-order valence-corrected chi connectivity index (χ3v) is 1.60. The van der Waals surface area contributed by atoms with Crippen LogP contribution in [-0.2, 0) is 4.74 Å². The van der Waals surface area contributed by atoms with Gasteiger partial charge in [0.2, 0.25) is 0 Å². The second kappa shape index (κ2) is 3.74. The lowest BCUT2D eigenvalue weighted by atomic mass is 10.1. The molecule has 0 spiro atoms. The van der Waals surface area contributed by atoms with E-state index in [4.69, 9.17) is 4.74 Å². The number of ether oxygens (including phenoxy) is 1. The van der Waals surface area contributed by atoms with E-state index in [9.17, 15) is 0 Å². The van der Waals surface area contributed by atoms with Crippen molar-refractivity contribution < 1.29 is 4.74 Å². The standard InChI is InChI=1S/C10H17NO/c1-10(2,3)11-8-9-6-4-5-7-12-9/h5,7-9H,4,6H2,1-3H3/b11-8+. The highest BCUT2D eigenvalue weighted by Gasteiger charge is 2.10. The van der Waals surface area contributed by atoms with Gasteiger partial charge in [-0.05, 0) is 39.7 Å².